The Morgan fingerprint density at radius 1 is 1.09 bits per heavy atom. The maximum absolute atomic E-state index is 3.71. The Kier molecular flexibility index (Phi) is 3.96. The van der Waals surface area contributed by atoms with Crippen LogP contribution in [0.25, 0.3) is 0 Å². The van der Waals surface area contributed by atoms with Crippen molar-refractivity contribution >= 4 is 0 Å². The third-order valence-electron chi connectivity index (χ3n) is 5.76. The van der Waals surface area contributed by atoms with Gasteiger partial charge in [-0.15, -0.1) is 0 Å². The van der Waals surface area contributed by atoms with Gasteiger partial charge < -0.3 is 5.32 Å². The number of hydrogen-bond acceptors (Lipinski definition) is 2. The highest BCUT2D eigenvalue weighted by atomic mass is 15.2. The molecule has 2 aliphatic rings. The van der Waals surface area contributed by atoms with Crippen LogP contribution >= 0.6 is 0 Å². The zero-order valence-electron chi connectivity index (χ0n) is 14.0. The van der Waals surface area contributed by atoms with Gasteiger partial charge in [0.2, 0.25) is 0 Å². The Labute approximate surface area is 139 Å². The van der Waals surface area contributed by atoms with Crippen molar-refractivity contribution in [1.82, 2.24) is 10.2 Å². The lowest BCUT2D eigenvalue weighted by atomic mass is 9.68. The van der Waals surface area contributed by atoms with Crippen LogP contribution in [0.2, 0.25) is 0 Å². The van der Waals surface area contributed by atoms with E-state index in [1.165, 1.54) is 36.1 Å². The highest BCUT2D eigenvalue weighted by Crippen LogP contribution is 2.40. The Morgan fingerprint density at radius 3 is 2.65 bits per heavy atom. The molecule has 2 bridgehead atoms. The second kappa shape index (κ2) is 6.10. The second-order valence-corrected chi connectivity index (χ2v) is 7.34. The molecular formula is C21H26N2. The second-order valence-electron chi connectivity index (χ2n) is 7.34. The number of nitrogens with one attached hydrogen (secondary N) is 1. The van der Waals surface area contributed by atoms with Crippen LogP contribution < -0.4 is 5.32 Å². The molecule has 23 heavy (non-hydrogen) atoms. The monoisotopic (exact) mass is 306 g/mol. The fraction of sp³-hybridized carbons (Fsp3) is 0.429. The third-order valence-corrected chi connectivity index (χ3v) is 5.76. The predicted molar refractivity (Wildman–Crippen MR) is 95.6 cm³/mol. The summed E-state index contributed by atoms with van der Waals surface area (Å²) >= 11 is 0. The molecule has 0 spiro atoms. The van der Waals surface area contributed by atoms with Crippen LogP contribution in [0.5, 0.6) is 0 Å². The van der Waals surface area contributed by atoms with Crippen molar-refractivity contribution in [2.24, 2.45) is 0 Å². The average molecular weight is 306 g/mol. The normalized spacial score (nSPS) is 27.8. The summed E-state index contributed by atoms with van der Waals surface area (Å²) in [7, 11) is 0. The number of nitrogens with zero attached hydrogens (tertiary/aromatic N) is 1. The van der Waals surface area contributed by atoms with Gasteiger partial charge in [-0.25, -0.2) is 0 Å². The smallest absolute Gasteiger partial charge is 0.0237 e. The molecular weight excluding hydrogens is 280 g/mol. The zero-order valence-corrected chi connectivity index (χ0v) is 14.0. The SMILES string of the molecule is Cc1ccc(CN2CC[C@@]3(c4ccccc4)CNC[C@@H]2C3)cc1. The van der Waals surface area contributed by atoms with Crippen molar-refractivity contribution in [2.75, 3.05) is 19.6 Å². The first-order valence-corrected chi connectivity index (χ1v) is 8.81. The lowest BCUT2D eigenvalue weighted by Gasteiger charge is -2.51. The molecule has 2 nitrogen and oxygen atoms in total. The van der Waals surface area contributed by atoms with E-state index in [2.05, 4.69) is 71.7 Å². The summed E-state index contributed by atoms with van der Waals surface area (Å²) in [6, 6.07) is 20.8. The van der Waals surface area contributed by atoms with Crippen LogP contribution in [0, 0.1) is 6.92 Å². The lowest BCUT2D eigenvalue weighted by Crippen LogP contribution is -2.60. The highest BCUT2D eigenvalue weighted by molar-refractivity contribution is 5.29. The van der Waals surface area contributed by atoms with Crippen LogP contribution in [0.4, 0.5) is 0 Å². The lowest BCUT2D eigenvalue weighted by molar-refractivity contribution is 0.0576. The van der Waals surface area contributed by atoms with Gasteiger partial charge in [-0.05, 0) is 37.4 Å². The topological polar surface area (TPSA) is 15.3 Å². The summed E-state index contributed by atoms with van der Waals surface area (Å²) in [6.45, 7) is 6.70. The average Bonchev–Trinajstić information content (AvgIpc) is 2.60. The largest absolute Gasteiger partial charge is 0.314 e. The summed E-state index contributed by atoms with van der Waals surface area (Å²) < 4.78 is 0. The summed E-state index contributed by atoms with van der Waals surface area (Å²) in [5.41, 5.74) is 4.64. The Hall–Kier alpha value is -1.64. The molecule has 2 heterocycles. The molecule has 0 aliphatic carbocycles. The number of piperidine rings is 2. The molecule has 2 fully saturated rings. The summed E-state index contributed by atoms with van der Waals surface area (Å²) in [5, 5.41) is 3.71. The number of rotatable bonds is 3. The van der Waals surface area contributed by atoms with Crippen LogP contribution in [-0.4, -0.2) is 30.6 Å². The van der Waals surface area contributed by atoms with E-state index in [1.807, 2.05) is 0 Å². The molecule has 4 rings (SSSR count). The zero-order chi connectivity index (χ0) is 15.7. The molecule has 0 aromatic heterocycles. The summed E-state index contributed by atoms with van der Waals surface area (Å²) in [4.78, 5) is 2.68. The molecule has 2 aromatic rings. The number of aryl methyl sites for hydroxylation is 1. The van der Waals surface area contributed by atoms with Crippen LogP contribution in [0.3, 0.4) is 0 Å². The van der Waals surface area contributed by atoms with E-state index < -0.39 is 0 Å². The minimum atomic E-state index is 0.341. The predicted octanol–water partition coefficient (Wildman–Crippen LogP) is 3.50. The molecule has 2 heteroatoms. The molecule has 0 saturated carbocycles. The van der Waals surface area contributed by atoms with Gasteiger partial charge in [0.1, 0.15) is 0 Å². The first-order valence-electron chi connectivity index (χ1n) is 8.81. The molecule has 2 atom stereocenters. The minimum absolute atomic E-state index is 0.341. The van der Waals surface area contributed by atoms with E-state index in [0.29, 0.717) is 11.5 Å². The maximum Gasteiger partial charge on any atom is 0.0237 e. The molecule has 120 valence electrons. The molecule has 0 unspecified atom stereocenters. The van der Waals surface area contributed by atoms with E-state index in [4.69, 9.17) is 0 Å². The van der Waals surface area contributed by atoms with E-state index in [0.717, 1.165) is 19.6 Å². The van der Waals surface area contributed by atoms with E-state index in [9.17, 15) is 0 Å². The maximum atomic E-state index is 3.71. The minimum Gasteiger partial charge on any atom is -0.314 e. The number of fused-ring (bicyclic) bond motifs is 2. The Bertz CT molecular complexity index is 649. The molecule has 0 radical (unpaired) electrons. The van der Waals surface area contributed by atoms with Gasteiger partial charge in [0, 0.05) is 31.1 Å². The van der Waals surface area contributed by atoms with Gasteiger partial charge in [-0.3, -0.25) is 4.90 Å². The summed E-state index contributed by atoms with van der Waals surface area (Å²) in [5.74, 6) is 0. The number of hydrogen-bond donors (Lipinski definition) is 1. The number of benzene rings is 2. The molecule has 2 aromatic carbocycles. The first kappa shape index (κ1) is 14.9. The van der Waals surface area contributed by atoms with E-state index in [1.54, 1.807) is 0 Å². The van der Waals surface area contributed by atoms with Gasteiger partial charge in [0.15, 0.2) is 0 Å². The van der Waals surface area contributed by atoms with Gasteiger partial charge in [0.05, 0.1) is 0 Å². The van der Waals surface area contributed by atoms with Crippen molar-refractivity contribution in [3.05, 3.63) is 71.3 Å². The fourth-order valence-corrected chi connectivity index (χ4v) is 4.35. The Balaban J connectivity index is 1.51. The van der Waals surface area contributed by atoms with Gasteiger partial charge in [0.25, 0.3) is 0 Å². The van der Waals surface area contributed by atoms with Crippen LogP contribution in [-0.2, 0) is 12.0 Å². The fourth-order valence-electron chi connectivity index (χ4n) is 4.35. The molecule has 0 amide bonds. The van der Waals surface area contributed by atoms with Crippen molar-refractivity contribution in [3.8, 4) is 0 Å². The van der Waals surface area contributed by atoms with Crippen molar-refractivity contribution in [2.45, 2.75) is 37.8 Å². The van der Waals surface area contributed by atoms with Crippen molar-refractivity contribution in [1.29, 1.82) is 0 Å². The van der Waals surface area contributed by atoms with E-state index >= 15 is 0 Å². The number of likely N-dealkylation sites (tertiary alicyclic amines) is 1. The Morgan fingerprint density at radius 2 is 1.87 bits per heavy atom. The molecule has 1 N–H and O–H groups in total. The van der Waals surface area contributed by atoms with Gasteiger partial charge in [-0.2, -0.15) is 0 Å². The van der Waals surface area contributed by atoms with Gasteiger partial charge in [-0.1, -0.05) is 60.2 Å². The van der Waals surface area contributed by atoms with Crippen LogP contribution in [0.15, 0.2) is 54.6 Å². The van der Waals surface area contributed by atoms with Crippen LogP contribution in [0.1, 0.15) is 29.5 Å². The first-order chi connectivity index (χ1) is 11.3. The van der Waals surface area contributed by atoms with Gasteiger partial charge >= 0.3 is 0 Å². The van der Waals surface area contributed by atoms with Crippen molar-refractivity contribution < 1.29 is 0 Å². The standard InChI is InChI=1S/C21H26N2/c1-17-7-9-18(10-8-17)15-23-12-11-21(13-20(23)14-22-16-21)19-5-3-2-4-6-19/h2-10,20,22H,11-16H2,1H3/t20-,21-/m0/s1. The highest BCUT2D eigenvalue weighted by Gasteiger charge is 2.43. The quantitative estimate of drug-likeness (QED) is 0.933. The van der Waals surface area contributed by atoms with Crippen molar-refractivity contribution in [3.63, 3.8) is 0 Å². The third kappa shape index (κ3) is 2.93. The molecule has 2 saturated heterocycles. The van der Waals surface area contributed by atoms with E-state index in [-0.39, 0.29) is 0 Å². The molecule has 2 aliphatic heterocycles. The summed E-state index contributed by atoms with van der Waals surface area (Å²) in [6.07, 6.45) is 2.54.